The van der Waals surface area contributed by atoms with Crippen LogP contribution in [0, 0.1) is 0 Å². The third-order valence-corrected chi connectivity index (χ3v) is 4.23. The average Bonchev–Trinajstić information content (AvgIpc) is 2.61. The molecular weight excluding hydrogens is 214 g/mol. The fraction of sp³-hybridized carbons (Fsp3) is 0.800. The van der Waals surface area contributed by atoms with Crippen LogP contribution in [0.1, 0.15) is 33.1 Å². The number of carbonyl (C=O) groups is 2. The SMILES string of the molecule is CCC(NC(=O)C1(C)CCCS1)C(=O)O. The molecule has 2 atom stereocenters. The van der Waals surface area contributed by atoms with Gasteiger partial charge in [0.05, 0.1) is 4.75 Å². The number of carbonyl (C=O) groups excluding carboxylic acids is 1. The van der Waals surface area contributed by atoms with E-state index in [1.54, 1.807) is 18.7 Å². The largest absolute Gasteiger partial charge is 0.480 e. The molecule has 2 N–H and O–H groups in total. The number of carboxylic acids is 1. The molecule has 1 heterocycles. The fourth-order valence-electron chi connectivity index (χ4n) is 1.61. The Morgan fingerprint density at radius 3 is 2.67 bits per heavy atom. The Bertz CT molecular complexity index is 261. The molecule has 1 fully saturated rings. The minimum atomic E-state index is -0.961. The van der Waals surface area contributed by atoms with Crippen molar-refractivity contribution in [2.75, 3.05) is 5.75 Å². The number of hydrogen-bond acceptors (Lipinski definition) is 3. The maximum absolute atomic E-state index is 11.8. The summed E-state index contributed by atoms with van der Waals surface area (Å²) in [6.07, 6.45) is 2.28. The van der Waals surface area contributed by atoms with E-state index in [2.05, 4.69) is 5.32 Å². The van der Waals surface area contributed by atoms with Crippen LogP contribution in [-0.2, 0) is 9.59 Å². The highest BCUT2D eigenvalue weighted by Gasteiger charge is 2.38. The van der Waals surface area contributed by atoms with Crippen molar-refractivity contribution in [2.24, 2.45) is 0 Å². The van der Waals surface area contributed by atoms with Gasteiger partial charge in [0, 0.05) is 0 Å². The molecule has 0 bridgehead atoms. The highest BCUT2D eigenvalue weighted by atomic mass is 32.2. The normalized spacial score (nSPS) is 27.3. The summed E-state index contributed by atoms with van der Waals surface area (Å²) in [5, 5.41) is 11.4. The first kappa shape index (κ1) is 12.4. The van der Waals surface area contributed by atoms with Crippen molar-refractivity contribution in [3.63, 3.8) is 0 Å². The zero-order valence-corrected chi connectivity index (χ0v) is 9.89. The summed E-state index contributed by atoms with van der Waals surface area (Å²) in [6, 6.07) is -0.754. The molecule has 5 heteroatoms. The molecule has 0 aliphatic carbocycles. The predicted molar refractivity (Wildman–Crippen MR) is 60.0 cm³/mol. The molecule has 0 spiro atoms. The van der Waals surface area contributed by atoms with Gasteiger partial charge in [-0.15, -0.1) is 11.8 Å². The Labute approximate surface area is 93.8 Å². The van der Waals surface area contributed by atoms with E-state index in [9.17, 15) is 9.59 Å². The maximum atomic E-state index is 11.8. The molecule has 86 valence electrons. The molecule has 2 unspecified atom stereocenters. The third-order valence-electron chi connectivity index (χ3n) is 2.71. The molecule has 0 aromatic rings. The summed E-state index contributed by atoms with van der Waals surface area (Å²) in [5.41, 5.74) is 0. The number of carboxylic acid groups (broad SMARTS) is 1. The van der Waals surface area contributed by atoms with E-state index in [0.717, 1.165) is 18.6 Å². The molecule has 1 aliphatic rings. The Morgan fingerprint density at radius 2 is 2.27 bits per heavy atom. The monoisotopic (exact) mass is 231 g/mol. The van der Waals surface area contributed by atoms with Gasteiger partial charge < -0.3 is 10.4 Å². The summed E-state index contributed by atoms with van der Waals surface area (Å²) in [5.74, 6) is -0.120. The van der Waals surface area contributed by atoms with Crippen molar-refractivity contribution in [1.29, 1.82) is 0 Å². The van der Waals surface area contributed by atoms with Crippen molar-refractivity contribution < 1.29 is 14.7 Å². The van der Waals surface area contributed by atoms with E-state index in [4.69, 9.17) is 5.11 Å². The van der Waals surface area contributed by atoms with Gasteiger partial charge >= 0.3 is 5.97 Å². The Balaban J connectivity index is 2.57. The average molecular weight is 231 g/mol. The van der Waals surface area contributed by atoms with Gasteiger partial charge in [0.25, 0.3) is 0 Å². The minimum Gasteiger partial charge on any atom is -0.480 e. The summed E-state index contributed by atoms with van der Waals surface area (Å²) >= 11 is 1.61. The number of hydrogen-bond donors (Lipinski definition) is 2. The molecule has 15 heavy (non-hydrogen) atoms. The van der Waals surface area contributed by atoms with Gasteiger partial charge in [0.1, 0.15) is 6.04 Å². The van der Waals surface area contributed by atoms with Gasteiger partial charge in [0.15, 0.2) is 0 Å². The molecular formula is C10H17NO3S. The number of aliphatic carboxylic acids is 1. The first-order valence-corrected chi connectivity index (χ1v) is 6.16. The van der Waals surface area contributed by atoms with Crippen LogP contribution in [0.3, 0.4) is 0 Å². The Hall–Kier alpha value is -0.710. The second kappa shape index (κ2) is 4.88. The molecule has 0 aromatic heterocycles. The second-order valence-electron chi connectivity index (χ2n) is 3.96. The Kier molecular flexibility index (Phi) is 4.02. The van der Waals surface area contributed by atoms with Crippen LogP contribution in [0.5, 0.6) is 0 Å². The quantitative estimate of drug-likeness (QED) is 0.764. The summed E-state index contributed by atoms with van der Waals surface area (Å²) in [7, 11) is 0. The van der Waals surface area contributed by atoms with Crippen LogP contribution in [0.25, 0.3) is 0 Å². The number of amides is 1. The summed E-state index contributed by atoms with van der Waals surface area (Å²) in [6.45, 7) is 3.64. The van der Waals surface area contributed by atoms with E-state index >= 15 is 0 Å². The van der Waals surface area contributed by atoms with Crippen LogP contribution < -0.4 is 5.32 Å². The summed E-state index contributed by atoms with van der Waals surface area (Å²) in [4.78, 5) is 22.6. The second-order valence-corrected chi connectivity index (χ2v) is 5.55. The van der Waals surface area contributed by atoms with Gasteiger partial charge in [-0.05, 0) is 31.9 Å². The van der Waals surface area contributed by atoms with Crippen molar-refractivity contribution >= 4 is 23.6 Å². The smallest absolute Gasteiger partial charge is 0.326 e. The minimum absolute atomic E-state index is 0.140. The molecule has 0 radical (unpaired) electrons. The predicted octanol–water partition coefficient (Wildman–Crippen LogP) is 1.25. The molecule has 4 nitrogen and oxygen atoms in total. The van der Waals surface area contributed by atoms with Crippen LogP contribution >= 0.6 is 11.8 Å². The first-order valence-electron chi connectivity index (χ1n) is 5.17. The van der Waals surface area contributed by atoms with Crippen molar-refractivity contribution in [3.05, 3.63) is 0 Å². The fourth-order valence-corrected chi connectivity index (χ4v) is 2.83. The maximum Gasteiger partial charge on any atom is 0.326 e. The molecule has 0 aromatic carbocycles. The van der Waals surface area contributed by atoms with E-state index in [0.29, 0.717) is 6.42 Å². The third kappa shape index (κ3) is 2.87. The molecule has 1 aliphatic heterocycles. The lowest BCUT2D eigenvalue weighted by molar-refractivity contribution is -0.142. The number of thioether (sulfide) groups is 1. The van der Waals surface area contributed by atoms with Gasteiger partial charge in [0.2, 0.25) is 5.91 Å². The molecule has 1 amide bonds. The molecule has 1 saturated heterocycles. The topological polar surface area (TPSA) is 66.4 Å². The van der Waals surface area contributed by atoms with E-state index in [-0.39, 0.29) is 5.91 Å². The van der Waals surface area contributed by atoms with E-state index in [1.165, 1.54) is 0 Å². The summed E-state index contributed by atoms with van der Waals surface area (Å²) < 4.78 is -0.428. The highest BCUT2D eigenvalue weighted by molar-refractivity contribution is 8.01. The highest BCUT2D eigenvalue weighted by Crippen LogP contribution is 2.37. The van der Waals surface area contributed by atoms with Gasteiger partial charge in [-0.1, -0.05) is 6.92 Å². The van der Waals surface area contributed by atoms with Gasteiger partial charge in [-0.2, -0.15) is 0 Å². The number of nitrogens with one attached hydrogen (secondary N) is 1. The standard InChI is InChI=1S/C10H17NO3S/c1-3-7(8(12)13)11-9(14)10(2)5-4-6-15-10/h7H,3-6H2,1-2H3,(H,11,14)(H,12,13). The lowest BCUT2D eigenvalue weighted by Gasteiger charge is -2.23. The zero-order chi connectivity index (χ0) is 11.5. The zero-order valence-electron chi connectivity index (χ0n) is 9.08. The van der Waals surface area contributed by atoms with Crippen molar-refractivity contribution in [3.8, 4) is 0 Å². The lowest BCUT2D eigenvalue weighted by atomic mass is 10.0. The first-order chi connectivity index (χ1) is 6.99. The molecule has 1 rings (SSSR count). The van der Waals surface area contributed by atoms with Gasteiger partial charge in [-0.3, -0.25) is 4.79 Å². The molecule has 0 saturated carbocycles. The van der Waals surface area contributed by atoms with Crippen LogP contribution in [0.15, 0.2) is 0 Å². The van der Waals surface area contributed by atoms with Gasteiger partial charge in [-0.25, -0.2) is 4.79 Å². The van der Waals surface area contributed by atoms with E-state index in [1.807, 2.05) is 6.92 Å². The van der Waals surface area contributed by atoms with Crippen LogP contribution in [0.4, 0.5) is 0 Å². The van der Waals surface area contributed by atoms with E-state index < -0.39 is 16.8 Å². The Morgan fingerprint density at radius 1 is 1.60 bits per heavy atom. The lowest BCUT2D eigenvalue weighted by Crippen LogP contribution is -2.48. The van der Waals surface area contributed by atoms with Crippen molar-refractivity contribution in [2.45, 2.75) is 43.9 Å². The van der Waals surface area contributed by atoms with Crippen molar-refractivity contribution in [1.82, 2.24) is 5.32 Å². The van der Waals surface area contributed by atoms with Crippen LogP contribution in [0.2, 0.25) is 0 Å². The number of rotatable bonds is 4. The van der Waals surface area contributed by atoms with Crippen LogP contribution in [-0.4, -0.2) is 33.5 Å².